The van der Waals surface area contributed by atoms with Crippen LogP contribution in [-0.2, 0) is 0 Å². The summed E-state index contributed by atoms with van der Waals surface area (Å²) in [5.74, 6) is -2.77. The number of hydrogen-bond acceptors (Lipinski definition) is 2. The molecule has 3 nitrogen and oxygen atoms in total. The zero-order valence-electron chi connectivity index (χ0n) is 9.84. The van der Waals surface area contributed by atoms with Gasteiger partial charge in [-0.2, -0.15) is 0 Å². The maximum atomic E-state index is 13.0. The average Bonchev–Trinajstić information content (AvgIpc) is 2.28. The molecule has 1 rings (SSSR count). The van der Waals surface area contributed by atoms with Crippen LogP contribution >= 0.6 is 11.6 Å². The van der Waals surface area contributed by atoms with Crippen LogP contribution in [0.15, 0.2) is 12.1 Å². The molecule has 1 amide bonds. The number of halogens is 3. The molecule has 1 aromatic rings. The Morgan fingerprint density at radius 1 is 1.44 bits per heavy atom. The number of benzene rings is 1. The van der Waals surface area contributed by atoms with E-state index < -0.39 is 23.6 Å². The third-order valence-electron chi connectivity index (χ3n) is 2.34. The normalized spacial score (nSPS) is 12.3. The van der Waals surface area contributed by atoms with Crippen molar-refractivity contribution in [2.75, 3.05) is 6.54 Å². The van der Waals surface area contributed by atoms with Crippen molar-refractivity contribution >= 4 is 17.5 Å². The molecule has 0 spiro atoms. The molecule has 0 radical (unpaired) electrons. The summed E-state index contributed by atoms with van der Waals surface area (Å²) >= 11 is 5.65. The summed E-state index contributed by atoms with van der Waals surface area (Å²) in [5, 5.41) is 11.4. The Bertz CT molecular complexity index is 438. The first-order valence-corrected chi connectivity index (χ1v) is 5.90. The summed E-state index contributed by atoms with van der Waals surface area (Å²) in [7, 11) is 0. The van der Waals surface area contributed by atoms with E-state index in [1.165, 1.54) is 0 Å². The number of aliphatic hydroxyl groups is 1. The summed E-state index contributed by atoms with van der Waals surface area (Å²) in [6, 6.07) is 1.53. The van der Waals surface area contributed by atoms with Crippen molar-refractivity contribution < 1.29 is 18.7 Å². The van der Waals surface area contributed by atoms with Gasteiger partial charge in [-0.25, -0.2) is 8.78 Å². The van der Waals surface area contributed by atoms with Crippen molar-refractivity contribution in [3.05, 3.63) is 34.4 Å². The predicted molar refractivity (Wildman–Crippen MR) is 64.6 cm³/mol. The minimum absolute atomic E-state index is 0.104. The van der Waals surface area contributed by atoms with Crippen molar-refractivity contribution in [2.24, 2.45) is 0 Å². The van der Waals surface area contributed by atoms with E-state index in [0.717, 1.165) is 12.1 Å². The Hall–Kier alpha value is -1.20. The van der Waals surface area contributed by atoms with Gasteiger partial charge in [0.1, 0.15) is 0 Å². The molecule has 1 atom stereocenters. The molecule has 18 heavy (non-hydrogen) atoms. The first-order valence-electron chi connectivity index (χ1n) is 5.52. The molecule has 0 aromatic heterocycles. The van der Waals surface area contributed by atoms with Gasteiger partial charge in [-0.15, -0.1) is 0 Å². The van der Waals surface area contributed by atoms with Gasteiger partial charge >= 0.3 is 0 Å². The van der Waals surface area contributed by atoms with Crippen LogP contribution in [0.4, 0.5) is 8.78 Å². The summed E-state index contributed by atoms with van der Waals surface area (Å²) in [6.45, 7) is 1.98. The Morgan fingerprint density at radius 3 is 2.67 bits per heavy atom. The zero-order chi connectivity index (χ0) is 13.7. The van der Waals surface area contributed by atoms with Crippen LogP contribution in [0, 0.1) is 11.6 Å². The van der Waals surface area contributed by atoms with Crippen molar-refractivity contribution in [1.29, 1.82) is 0 Å². The van der Waals surface area contributed by atoms with Crippen molar-refractivity contribution in [2.45, 2.75) is 25.9 Å². The van der Waals surface area contributed by atoms with Gasteiger partial charge in [0.05, 0.1) is 16.7 Å². The van der Waals surface area contributed by atoms with E-state index in [1.807, 2.05) is 0 Å². The molecule has 0 aliphatic heterocycles. The number of nitrogens with one attached hydrogen (secondary N) is 1. The summed E-state index contributed by atoms with van der Waals surface area (Å²) in [5.41, 5.74) is -0.104. The molecular formula is C12H14ClF2NO2. The fraction of sp³-hybridized carbons (Fsp3) is 0.417. The fourth-order valence-electron chi connectivity index (χ4n) is 1.39. The highest BCUT2D eigenvalue weighted by atomic mass is 35.5. The second-order valence-electron chi connectivity index (χ2n) is 3.99. The Labute approximate surface area is 109 Å². The second kappa shape index (κ2) is 6.66. The monoisotopic (exact) mass is 277 g/mol. The fourth-order valence-corrected chi connectivity index (χ4v) is 1.63. The first-order chi connectivity index (χ1) is 8.41. The van der Waals surface area contributed by atoms with Crippen molar-refractivity contribution in [3.63, 3.8) is 0 Å². The van der Waals surface area contributed by atoms with E-state index in [9.17, 15) is 13.6 Å². The number of carbonyl (C=O) groups is 1. The molecule has 6 heteroatoms. The lowest BCUT2D eigenvalue weighted by atomic mass is 10.2. The lowest BCUT2D eigenvalue weighted by Crippen LogP contribution is -2.25. The highest BCUT2D eigenvalue weighted by Gasteiger charge is 2.14. The zero-order valence-corrected chi connectivity index (χ0v) is 10.6. The minimum Gasteiger partial charge on any atom is -0.393 e. The van der Waals surface area contributed by atoms with Crippen LogP contribution in [0.25, 0.3) is 0 Å². The van der Waals surface area contributed by atoms with Crippen LogP contribution in [0.1, 0.15) is 30.1 Å². The largest absolute Gasteiger partial charge is 0.393 e. The van der Waals surface area contributed by atoms with Gasteiger partial charge in [0.25, 0.3) is 5.91 Å². The summed E-state index contributed by atoms with van der Waals surface area (Å²) in [6.07, 6.45) is 0.699. The highest BCUT2D eigenvalue weighted by molar-refractivity contribution is 6.33. The van der Waals surface area contributed by atoms with Crippen molar-refractivity contribution in [3.8, 4) is 0 Å². The van der Waals surface area contributed by atoms with Gasteiger partial charge in [-0.3, -0.25) is 4.79 Å². The lowest BCUT2D eigenvalue weighted by Gasteiger charge is -2.08. The third kappa shape index (κ3) is 4.23. The lowest BCUT2D eigenvalue weighted by molar-refractivity contribution is 0.0949. The number of rotatable bonds is 5. The van der Waals surface area contributed by atoms with Crippen LogP contribution in [0.3, 0.4) is 0 Å². The molecule has 0 saturated carbocycles. The number of aliphatic hydroxyl groups excluding tert-OH is 1. The van der Waals surface area contributed by atoms with E-state index in [0.29, 0.717) is 19.4 Å². The molecule has 0 fully saturated rings. The van der Waals surface area contributed by atoms with E-state index in [1.54, 1.807) is 6.92 Å². The molecule has 0 bridgehead atoms. The molecule has 100 valence electrons. The highest BCUT2D eigenvalue weighted by Crippen LogP contribution is 2.19. The average molecular weight is 278 g/mol. The van der Waals surface area contributed by atoms with E-state index in [2.05, 4.69) is 5.32 Å². The number of carbonyl (C=O) groups excluding carboxylic acids is 1. The van der Waals surface area contributed by atoms with Crippen LogP contribution in [0.5, 0.6) is 0 Å². The van der Waals surface area contributed by atoms with E-state index in [4.69, 9.17) is 16.7 Å². The van der Waals surface area contributed by atoms with Crippen LogP contribution in [-0.4, -0.2) is 23.7 Å². The van der Waals surface area contributed by atoms with Crippen LogP contribution < -0.4 is 5.32 Å². The maximum absolute atomic E-state index is 13.0. The van der Waals surface area contributed by atoms with E-state index in [-0.39, 0.29) is 10.6 Å². The quantitative estimate of drug-likeness (QED) is 0.642. The van der Waals surface area contributed by atoms with Gasteiger partial charge < -0.3 is 10.4 Å². The number of amides is 1. The Balaban J connectivity index is 2.59. The van der Waals surface area contributed by atoms with E-state index >= 15 is 0 Å². The number of hydrogen-bond donors (Lipinski definition) is 2. The Morgan fingerprint density at radius 2 is 2.06 bits per heavy atom. The summed E-state index contributed by atoms with van der Waals surface area (Å²) in [4.78, 5) is 11.6. The standard InChI is InChI=1S/C12H14ClF2NO2/c1-7(17)3-2-4-16-12(18)8-5-10(14)11(15)6-9(8)13/h5-7,17H,2-4H2,1H3,(H,16,18). The third-order valence-corrected chi connectivity index (χ3v) is 2.65. The van der Waals surface area contributed by atoms with Gasteiger partial charge in [0.15, 0.2) is 11.6 Å². The Kier molecular flexibility index (Phi) is 5.50. The SMILES string of the molecule is CC(O)CCCNC(=O)c1cc(F)c(F)cc1Cl. The topological polar surface area (TPSA) is 49.3 Å². The predicted octanol–water partition coefficient (Wildman–Crippen LogP) is 2.51. The van der Waals surface area contributed by atoms with Gasteiger partial charge in [0, 0.05) is 6.54 Å². The molecule has 0 aliphatic carbocycles. The van der Waals surface area contributed by atoms with Gasteiger partial charge in [-0.05, 0) is 31.9 Å². The van der Waals surface area contributed by atoms with Crippen molar-refractivity contribution in [1.82, 2.24) is 5.32 Å². The molecule has 1 unspecified atom stereocenters. The van der Waals surface area contributed by atoms with Gasteiger partial charge in [-0.1, -0.05) is 11.6 Å². The molecule has 0 aliphatic rings. The maximum Gasteiger partial charge on any atom is 0.252 e. The molecule has 0 saturated heterocycles. The second-order valence-corrected chi connectivity index (χ2v) is 4.40. The smallest absolute Gasteiger partial charge is 0.252 e. The molecule has 0 heterocycles. The van der Waals surface area contributed by atoms with Gasteiger partial charge in [0.2, 0.25) is 0 Å². The van der Waals surface area contributed by atoms with Crippen LogP contribution in [0.2, 0.25) is 5.02 Å². The summed E-state index contributed by atoms with van der Waals surface area (Å²) < 4.78 is 25.8. The minimum atomic E-state index is -1.12. The first kappa shape index (κ1) is 14.9. The molecular weight excluding hydrogens is 264 g/mol. The molecule has 1 aromatic carbocycles. The molecule has 2 N–H and O–H groups in total.